The number of phenolic OH excluding ortho intramolecular Hbond substituents is 1. The molecule has 2 rings (SSSR count). The van der Waals surface area contributed by atoms with Crippen molar-refractivity contribution in [2.75, 3.05) is 38.1 Å². The molecule has 15 heavy (non-hydrogen) atoms. The van der Waals surface area contributed by atoms with Crippen LogP contribution in [0.15, 0.2) is 18.2 Å². The first-order chi connectivity index (χ1) is 7.18. The number of halogens is 1. The van der Waals surface area contributed by atoms with Crippen molar-refractivity contribution in [3.8, 4) is 5.75 Å². The van der Waals surface area contributed by atoms with E-state index in [2.05, 4.69) is 16.8 Å². The van der Waals surface area contributed by atoms with Crippen molar-refractivity contribution in [1.82, 2.24) is 4.90 Å². The molecule has 1 N–H and O–H groups in total. The number of anilines is 1. The van der Waals surface area contributed by atoms with Gasteiger partial charge in [-0.15, -0.1) is 0 Å². The Kier molecular flexibility index (Phi) is 3.03. The molecule has 3 nitrogen and oxygen atoms in total. The Morgan fingerprint density at radius 3 is 2.53 bits per heavy atom. The first-order valence-corrected chi connectivity index (χ1v) is 5.47. The Balaban J connectivity index is 2.19. The molecule has 0 amide bonds. The summed E-state index contributed by atoms with van der Waals surface area (Å²) in [5.74, 6) is 0.160. The molecule has 0 aromatic heterocycles. The standard InChI is InChI=1S/C11H15ClN2O/c1-13-5-7-14(8-6-13)9-3-2-4-10(15)11(9)12/h2-4,15H,5-8H2,1H3. The van der Waals surface area contributed by atoms with E-state index in [-0.39, 0.29) is 5.75 Å². The maximum absolute atomic E-state index is 9.51. The molecule has 1 aromatic rings. The lowest BCUT2D eigenvalue weighted by molar-refractivity contribution is 0.313. The molecule has 0 atom stereocenters. The van der Waals surface area contributed by atoms with E-state index in [9.17, 15) is 5.11 Å². The molecule has 4 heteroatoms. The number of phenols is 1. The van der Waals surface area contributed by atoms with Crippen LogP contribution in [0, 0.1) is 0 Å². The molecule has 0 radical (unpaired) electrons. The van der Waals surface area contributed by atoms with Crippen LogP contribution in [-0.2, 0) is 0 Å². The lowest BCUT2D eigenvalue weighted by Gasteiger charge is -2.34. The number of piperazine rings is 1. The number of likely N-dealkylation sites (N-methyl/N-ethyl adjacent to an activating group) is 1. The summed E-state index contributed by atoms with van der Waals surface area (Å²) in [5.41, 5.74) is 0.935. The van der Waals surface area contributed by atoms with E-state index < -0.39 is 0 Å². The van der Waals surface area contributed by atoms with Crippen molar-refractivity contribution in [1.29, 1.82) is 0 Å². The van der Waals surface area contributed by atoms with Crippen molar-refractivity contribution in [2.45, 2.75) is 0 Å². The van der Waals surface area contributed by atoms with Crippen LogP contribution in [0.25, 0.3) is 0 Å². The molecule has 0 saturated carbocycles. The van der Waals surface area contributed by atoms with Gasteiger partial charge >= 0.3 is 0 Å². The van der Waals surface area contributed by atoms with Crippen LogP contribution < -0.4 is 4.90 Å². The Labute approximate surface area is 94.9 Å². The molecule has 1 saturated heterocycles. The van der Waals surface area contributed by atoms with Gasteiger partial charge in [0, 0.05) is 26.2 Å². The minimum Gasteiger partial charge on any atom is -0.506 e. The quantitative estimate of drug-likeness (QED) is 0.791. The number of benzene rings is 1. The summed E-state index contributed by atoms with van der Waals surface area (Å²) in [6, 6.07) is 5.39. The highest BCUT2D eigenvalue weighted by Gasteiger charge is 2.17. The predicted molar refractivity (Wildman–Crippen MR) is 62.8 cm³/mol. The summed E-state index contributed by atoms with van der Waals surface area (Å²) >= 11 is 6.06. The van der Waals surface area contributed by atoms with Crippen LogP contribution in [-0.4, -0.2) is 43.2 Å². The molecular weight excluding hydrogens is 212 g/mol. The topological polar surface area (TPSA) is 26.7 Å². The molecule has 1 aliphatic heterocycles. The third-order valence-corrected chi connectivity index (χ3v) is 3.19. The van der Waals surface area contributed by atoms with E-state index in [1.165, 1.54) is 0 Å². The Morgan fingerprint density at radius 1 is 1.20 bits per heavy atom. The molecule has 1 aromatic carbocycles. The maximum Gasteiger partial charge on any atom is 0.136 e. The molecule has 1 aliphatic rings. The third kappa shape index (κ3) is 2.19. The fourth-order valence-electron chi connectivity index (χ4n) is 1.80. The van der Waals surface area contributed by atoms with Gasteiger partial charge in [0.15, 0.2) is 0 Å². The average Bonchev–Trinajstić information content (AvgIpc) is 2.24. The molecule has 0 aliphatic carbocycles. The van der Waals surface area contributed by atoms with E-state index >= 15 is 0 Å². The van der Waals surface area contributed by atoms with Gasteiger partial charge in [-0.2, -0.15) is 0 Å². The second kappa shape index (κ2) is 4.29. The van der Waals surface area contributed by atoms with Crippen LogP contribution in [0.4, 0.5) is 5.69 Å². The maximum atomic E-state index is 9.51. The van der Waals surface area contributed by atoms with Gasteiger partial charge in [-0.1, -0.05) is 17.7 Å². The SMILES string of the molecule is CN1CCN(c2cccc(O)c2Cl)CC1. The van der Waals surface area contributed by atoms with Crippen LogP contribution in [0.3, 0.4) is 0 Å². The van der Waals surface area contributed by atoms with Gasteiger partial charge in [-0.05, 0) is 19.2 Å². The summed E-state index contributed by atoms with van der Waals surface area (Å²) in [6.45, 7) is 3.98. The van der Waals surface area contributed by atoms with E-state index in [0.29, 0.717) is 5.02 Å². The molecular formula is C11H15ClN2O. The Bertz CT molecular complexity index is 348. The highest BCUT2D eigenvalue weighted by Crippen LogP contribution is 2.33. The minimum absolute atomic E-state index is 0.160. The van der Waals surface area contributed by atoms with Gasteiger partial charge in [-0.25, -0.2) is 0 Å². The minimum atomic E-state index is 0.160. The van der Waals surface area contributed by atoms with Gasteiger partial charge in [0.25, 0.3) is 0 Å². The Hall–Kier alpha value is -0.930. The first kappa shape index (κ1) is 10.6. The van der Waals surface area contributed by atoms with Crippen molar-refractivity contribution in [2.24, 2.45) is 0 Å². The largest absolute Gasteiger partial charge is 0.506 e. The first-order valence-electron chi connectivity index (χ1n) is 5.09. The summed E-state index contributed by atoms with van der Waals surface area (Å²) in [6.07, 6.45) is 0. The lowest BCUT2D eigenvalue weighted by Crippen LogP contribution is -2.44. The van der Waals surface area contributed by atoms with Gasteiger partial charge in [0.05, 0.1) is 5.69 Å². The fraction of sp³-hybridized carbons (Fsp3) is 0.455. The third-order valence-electron chi connectivity index (χ3n) is 2.80. The van der Waals surface area contributed by atoms with Crippen molar-refractivity contribution in [3.63, 3.8) is 0 Å². The second-order valence-corrected chi connectivity index (χ2v) is 4.28. The van der Waals surface area contributed by atoms with Crippen molar-refractivity contribution < 1.29 is 5.11 Å². The molecule has 1 heterocycles. The second-order valence-electron chi connectivity index (χ2n) is 3.90. The summed E-state index contributed by atoms with van der Waals surface area (Å²) in [7, 11) is 2.11. The van der Waals surface area contributed by atoms with E-state index in [0.717, 1.165) is 31.9 Å². The predicted octanol–water partition coefficient (Wildman–Crippen LogP) is 1.80. The van der Waals surface area contributed by atoms with Crippen molar-refractivity contribution >= 4 is 17.3 Å². The van der Waals surface area contributed by atoms with E-state index in [4.69, 9.17) is 11.6 Å². The molecule has 82 valence electrons. The molecule has 0 unspecified atom stereocenters. The molecule has 1 fully saturated rings. The number of rotatable bonds is 1. The summed E-state index contributed by atoms with van der Waals surface area (Å²) < 4.78 is 0. The fourth-order valence-corrected chi connectivity index (χ4v) is 2.05. The number of hydrogen-bond donors (Lipinski definition) is 1. The Morgan fingerprint density at radius 2 is 1.87 bits per heavy atom. The van der Waals surface area contributed by atoms with Crippen LogP contribution in [0.2, 0.25) is 5.02 Å². The number of nitrogens with zero attached hydrogens (tertiary/aromatic N) is 2. The van der Waals surface area contributed by atoms with Crippen molar-refractivity contribution in [3.05, 3.63) is 23.2 Å². The zero-order chi connectivity index (χ0) is 10.8. The summed E-state index contributed by atoms with van der Waals surface area (Å²) in [4.78, 5) is 4.50. The van der Waals surface area contributed by atoms with Gasteiger partial charge in [0.1, 0.15) is 10.8 Å². The normalized spacial score (nSPS) is 18.1. The zero-order valence-electron chi connectivity index (χ0n) is 8.78. The van der Waals surface area contributed by atoms with Crippen LogP contribution in [0.1, 0.15) is 0 Å². The molecule has 0 bridgehead atoms. The number of hydrogen-bond acceptors (Lipinski definition) is 3. The smallest absolute Gasteiger partial charge is 0.136 e. The van der Waals surface area contributed by atoms with Gasteiger partial charge in [0.2, 0.25) is 0 Å². The van der Waals surface area contributed by atoms with Crippen LogP contribution in [0.5, 0.6) is 5.75 Å². The monoisotopic (exact) mass is 226 g/mol. The van der Waals surface area contributed by atoms with Gasteiger partial charge in [-0.3, -0.25) is 0 Å². The highest BCUT2D eigenvalue weighted by molar-refractivity contribution is 6.34. The van der Waals surface area contributed by atoms with Crippen LogP contribution >= 0.6 is 11.6 Å². The lowest BCUT2D eigenvalue weighted by atomic mass is 10.2. The zero-order valence-corrected chi connectivity index (χ0v) is 9.54. The molecule has 0 spiro atoms. The van der Waals surface area contributed by atoms with Gasteiger partial charge < -0.3 is 14.9 Å². The summed E-state index contributed by atoms with van der Waals surface area (Å²) in [5, 5.41) is 9.97. The van der Waals surface area contributed by atoms with E-state index in [1.54, 1.807) is 6.07 Å². The van der Waals surface area contributed by atoms with E-state index in [1.807, 2.05) is 12.1 Å². The highest BCUT2D eigenvalue weighted by atomic mass is 35.5. The average molecular weight is 227 g/mol. The number of aromatic hydroxyl groups is 1.